The Morgan fingerprint density at radius 3 is 2.89 bits per heavy atom. The van der Waals surface area contributed by atoms with Crippen LogP contribution in [-0.4, -0.2) is 41.3 Å². The highest BCUT2D eigenvalue weighted by Gasteiger charge is 2.21. The van der Waals surface area contributed by atoms with Crippen molar-refractivity contribution in [3.05, 3.63) is 65.9 Å². The number of carbonyl (C=O) groups excluding carboxylic acids is 1. The van der Waals surface area contributed by atoms with Gasteiger partial charge in [-0.1, -0.05) is 12.1 Å². The van der Waals surface area contributed by atoms with Crippen molar-refractivity contribution in [2.45, 2.75) is 13.1 Å². The number of methoxy groups -OCH3 is 1. The van der Waals surface area contributed by atoms with Gasteiger partial charge in [0.05, 0.1) is 24.0 Å². The Balaban J connectivity index is 1.36. The van der Waals surface area contributed by atoms with E-state index in [0.29, 0.717) is 53.5 Å². The van der Waals surface area contributed by atoms with Crippen LogP contribution in [0.3, 0.4) is 0 Å². The zero-order chi connectivity index (χ0) is 24.5. The van der Waals surface area contributed by atoms with Crippen LogP contribution in [0.1, 0.15) is 11.3 Å². The molecule has 0 atom stereocenters. The summed E-state index contributed by atoms with van der Waals surface area (Å²) in [5.41, 5.74) is 4.08. The Morgan fingerprint density at radius 2 is 2.09 bits per heavy atom. The van der Waals surface area contributed by atoms with Gasteiger partial charge in [-0.05, 0) is 29.8 Å². The van der Waals surface area contributed by atoms with Crippen molar-refractivity contribution in [2.75, 3.05) is 30.9 Å². The second-order valence-corrected chi connectivity index (χ2v) is 8.08. The number of nitrogens with zero attached hydrogens (tertiary/aromatic N) is 5. The zero-order valence-corrected chi connectivity index (χ0v) is 19.2. The van der Waals surface area contributed by atoms with Gasteiger partial charge in [0, 0.05) is 43.7 Å². The third-order valence-electron chi connectivity index (χ3n) is 6.09. The highest BCUT2D eigenvalue weighted by atomic mass is 19.1. The monoisotopic (exact) mass is 471 g/mol. The lowest BCUT2D eigenvalue weighted by Crippen LogP contribution is -2.41. The molecule has 0 saturated carbocycles. The molecule has 35 heavy (non-hydrogen) atoms. The van der Waals surface area contributed by atoms with Crippen molar-refractivity contribution < 1.29 is 13.9 Å². The number of fused-ring (bicyclic) bond motifs is 2. The molecule has 0 fully saturated rings. The molecule has 2 N–H and O–H groups in total. The number of carbonyl (C=O) groups is 1. The lowest BCUT2D eigenvalue weighted by Gasteiger charge is -2.27. The molecule has 0 spiro atoms. The average Bonchev–Trinajstić information content (AvgIpc) is 3.26. The molecule has 2 aromatic carbocycles. The van der Waals surface area contributed by atoms with Crippen molar-refractivity contribution in [3.8, 4) is 23.1 Å². The molecule has 2 amide bonds. The van der Waals surface area contributed by atoms with Gasteiger partial charge in [-0.15, -0.1) is 0 Å². The molecule has 10 heteroatoms. The van der Waals surface area contributed by atoms with Gasteiger partial charge in [0.15, 0.2) is 0 Å². The van der Waals surface area contributed by atoms with Gasteiger partial charge in [0.25, 0.3) is 0 Å². The van der Waals surface area contributed by atoms with E-state index in [1.807, 2.05) is 24.3 Å². The summed E-state index contributed by atoms with van der Waals surface area (Å²) in [6.07, 6.45) is 1.46. The van der Waals surface area contributed by atoms with E-state index < -0.39 is 5.82 Å². The van der Waals surface area contributed by atoms with Crippen LogP contribution in [0.2, 0.25) is 0 Å². The second-order valence-electron chi connectivity index (χ2n) is 8.08. The van der Waals surface area contributed by atoms with E-state index in [1.165, 1.54) is 19.5 Å². The number of urea groups is 1. The first kappa shape index (κ1) is 22.2. The number of ether oxygens (including phenoxy) is 1. The fourth-order valence-electron chi connectivity index (χ4n) is 4.31. The van der Waals surface area contributed by atoms with Crippen LogP contribution < -0.4 is 20.3 Å². The number of benzene rings is 2. The molecule has 1 aliphatic heterocycles. The van der Waals surface area contributed by atoms with Crippen LogP contribution in [0.4, 0.5) is 20.7 Å². The number of anilines is 2. The first-order valence-corrected chi connectivity index (χ1v) is 11.0. The van der Waals surface area contributed by atoms with Crippen LogP contribution in [0.5, 0.6) is 5.75 Å². The van der Waals surface area contributed by atoms with Crippen molar-refractivity contribution >= 4 is 28.4 Å². The quantitative estimate of drug-likeness (QED) is 0.442. The number of hydrogen-bond acceptors (Lipinski definition) is 6. The maximum absolute atomic E-state index is 14.6. The molecular weight excluding hydrogens is 449 g/mol. The molecule has 0 saturated heterocycles. The Labute approximate surface area is 200 Å². The summed E-state index contributed by atoms with van der Waals surface area (Å²) in [7, 11) is 3.24. The van der Waals surface area contributed by atoms with Crippen molar-refractivity contribution in [3.63, 3.8) is 0 Å². The van der Waals surface area contributed by atoms with Gasteiger partial charge in [0.1, 0.15) is 35.5 Å². The molecule has 2 aromatic heterocycles. The first-order chi connectivity index (χ1) is 17.0. The van der Waals surface area contributed by atoms with E-state index in [2.05, 4.69) is 26.7 Å². The van der Waals surface area contributed by atoms with E-state index in [9.17, 15) is 14.4 Å². The topological polar surface area (TPSA) is 108 Å². The summed E-state index contributed by atoms with van der Waals surface area (Å²) < 4.78 is 21.6. The maximum atomic E-state index is 14.6. The van der Waals surface area contributed by atoms with Gasteiger partial charge in [-0.25, -0.2) is 19.2 Å². The van der Waals surface area contributed by atoms with Gasteiger partial charge in [0.2, 0.25) is 0 Å². The Kier molecular flexibility index (Phi) is 5.66. The van der Waals surface area contributed by atoms with Crippen LogP contribution in [-0.2, 0) is 13.1 Å². The fraction of sp³-hybridized carbons (Fsp3) is 0.200. The van der Waals surface area contributed by atoms with Crippen LogP contribution >= 0.6 is 0 Å². The summed E-state index contributed by atoms with van der Waals surface area (Å²) in [6.45, 7) is 1.23. The highest BCUT2D eigenvalue weighted by molar-refractivity contribution is 5.95. The standard InChI is InChI=1S/C25H22FN7O2/c1-32-21-9-15(3-4-16(21)13-29-25(32)34)20-11-23(31-14-30-20)28-7-8-33-17(12-27)10-18-22(35-2)6-5-19(26)24(18)33/h3-6,9-11,14H,7-8,13H2,1-2H3,(H,29,34)(H,28,30,31). The SMILES string of the molecule is COc1ccc(F)c2c1cc(C#N)n2CCNc1cc(-c2ccc3c(c2)N(C)C(=O)NC3)ncn1. The Bertz CT molecular complexity index is 1490. The largest absolute Gasteiger partial charge is 0.496 e. The molecule has 0 aliphatic carbocycles. The van der Waals surface area contributed by atoms with E-state index in [-0.39, 0.29) is 6.03 Å². The summed E-state index contributed by atoms with van der Waals surface area (Å²) >= 11 is 0. The van der Waals surface area contributed by atoms with Crippen molar-refractivity contribution in [1.82, 2.24) is 19.9 Å². The van der Waals surface area contributed by atoms with Crippen molar-refractivity contribution in [2.24, 2.45) is 0 Å². The van der Waals surface area contributed by atoms with Crippen LogP contribution in [0.15, 0.2) is 48.8 Å². The molecule has 4 aromatic rings. The van der Waals surface area contributed by atoms with Gasteiger partial charge < -0.3 is 19.9 Å². The lowest BCUT2D eigenvalue weighted by atomic mass is 10.0. The third kappa shape index (κ3) is 3.97. The van der Waals surface area contributed by atoms with E-state index in [1.54, 1.807) is 28.6 Å². The van der Waals surface area contributed by atoms with E-state index in [4.69, 9.17) is 4.74 Å². The summed E-state index contributed by atoms with van der Waals surface area (Å²) in [6, 6.07) is 14.2. The number of halogens is 1. The minimum Gasteiger partial charge on any atom is -0.496 e. The fourth-order valence-corrected chi connectivity index (χ4v) is 4.31. The average molecular weight is 471 g/mol. The second kappa shape index (κ2) is 8.95. The molecule has 9 nitrogen and oxygen atoms in total. The van der Waals surface area contributed by atoms with Gasteiger partial charge in [-0.2, -0.15) is 5.26 Å². The lowest BCUT2D eigenvalue weighted by molar-refractivity contribution is 0.246. The smallest absolute Gasteiger partial charge is 0.321 e. The van der Waals surface area contributed by atoms with Crippen LogP contribution in [0, 0.1) is 17.1 Å². The molecule has 0 unspecified atom stereocenters. The number of nitrogens with one attached hydrogen (secondary N) is 2. The Hall–Kier alpha value is -4.65. The summed E-state index contributed by atoms with van der Waals surface area (Å²) in [5.74, 6) is 0.683. The van der Waals surface area contributed by atoms with Crippen LogP contribution in [0.25, 0.3) is 22.2 Å². The predicted molar refractivity (Wildman–Crippen MR) is 130 cm³/mol. The number of amides is 2. The molecule has 176 valence electrons. The van der Waals surface area contributed by atoms with Crippen molar-refractivity contribution in [1.29, 1.82) is 5.26 Å². The number of nitriles is 1. The predicted octanol–water partition coefficient (Wildman–Crippen LogP) is 3.89. The molecule has 1 aliphatic rings. The number of hydrogen-bond donors (Lipinski definition) is 2. The van der Waals surface area contributed by atoms with Gasteiger partial charge >= 0.3 is 6.03 Å². The Morgan fingerprint density at radius 1 is 1.23 bits per heavy atom. The zero-order valence-electron chi connectivity index (χ0n) is 19.2. The maximum Gasteiger partial charge on any atom is 0.321 e. The minimum atomic E-state index is -0.419. The highest BCUT2D eigenvalue weighted by Crippen LogP contribution is 2.31. The molecule has 3 heterocycles. The summed E-state index contributed by atoms with van der Waals surface area (Å²) in [4.78, 5) is 22.2. The van der Waals surface area contributed by atoms with E-state index in [0.717, 1.165) is 16.8 Å². The normalized spacial score (nSPS) is 12.7. The number of rotatable bonds is 6. The first-order valence-electron chi connectivity index (χ1n) is 11.0. The molecule has 0 bridgehead atoms. The molecule has 0 radical (unpaired) electrons. The molecule has 5 rings (SSSR count). The summed E-state index contributed by atoms with van der Waals surface area (Å²) in [5, 5.41) is 16.2. The van der Waals surface area contributed by atoms with E-state index >= 15 is 0 Å². The minimum absolute atomic E-state index is 0.150. The molecular formula is C25H22FN7O2. The third-order valence-corrected chi connectivity index (χ3v) is 6.09. The number of aromatic nitrogens is 3. The van der Waals surface area contributed by atoms with Gasteiger partial charge in [-0.3, -0.25) is 4.90 Å².